The molecule has 0 bridgehead atoms. The van der Waals surface area contributed by atoms with Crippen LogP contribution in [0.15, 0.2) is 29.2 Å². The molecule has 0 radical (unpaired) electrons. The van der Waals surface area contributed by atoms with Crippen LogP contribution in [0, 0.1) is 13.8 Å². The van der Waals surface area contributed by atoms with Crippen LogP contribution in [0.3, 0.4) is 0 Å². The summed E-state index contributed by atoms with van der Waals surface area (Å²) in [5.74, 6) is 1.95. The molecule has 5 heteroatoms. The van der Waals surface area contributed by atoms with Crippen molar-refractivity contribution in [3.8, 4) is 0 Å². The van der Waals surface area contributed by atoms with Gasteiger partial charge in [-0.05, 0) is 38.3 Å². The predicted molar refractivity (Wildman–Crippen MR) is 77.4 cm³/mol. The van der Waals surface area contributed by atoms with E-state index in [0.29, 0.717) is 11.6 Å². The van der Waals surface area contributed by atoms with Crippen LogP contribution in [-0.2, 0) is 0 Å². The second-order valence-corrected chi connectivity index (χ2v) is 4.87. The van der Waals surface area contributed by atoms with Gasteiger partial charge in [0.2, 0.25) is 0 Å². The van der Waals surface area contributed by atoms with E-state index in [-0.39, 0.29) is 0 Å². The van der Waals surface area contributed by atoms with Crippen molar-refractivity contribution in [3.05, 3.63) is 35.7 Å². The highest BCUT2D eigenvalue weighted by Crippen LogP contribution is 2.24. The van der Waals surface area contributed by atoms with Crippen molar-refractivity contribution < 1.29 is 0 Å². The summed E-state index contributed by atoms with van der Waals surface area (Å²) in [5.41, 5.74) is 7.71. The average Bonchev–Trinajstić information content (AvgIpc) is 2.35. The molecule has 0 aliphatic heterocycles. The highest BCUT2D eigenvalue weighted by molar-refractivity contribution is 7.98. The molecule has 0 spiro atoms. The Labute approximate surface area is 111 Å². The first-order valence-corrected chi connectivity index (χ1v) is 6.84. The van der Waals surface area contributed by atoms with Gasteiger partial charge in [-0.1, -0.05) is 6.07 Å². The molecule has 0 saturated heterocycles. The summed E-state index contributed by atoms with van der Waals surface area (Å²) in [4.78, 5) is 9.71. The number of aryl methyl sites for hydroxylation is 1. The van der Waals surface area contributed by atoms with Crippen LogP contribution in [-0.4, -0.2) is 16.2 Å². The smallest absolute Gasteiger partial charge is 0.139 e. The van der Waals surface area contributed by atoms with E-state index in [0.717, 1.165) is 17.1 Å². The molecule has 3 N–H and O–H groups in total. The third-order valence-corrected chi connectivity index (χ3v) is 3.35. The van der Waals surface area contributed by atoms with Gasteiger partial charge in [0.1, 0.15) is 17.5 Å². The molecule has 0 amide bonds. The largest absolute Gasteiger partial charge is 0.383 e. The maximum absolute atomic E-state index is 5.84. The number of benzene rings is 1. The zero-order chi connectivity index (χ0) is 13.1. The number of rotatable bonds is 3. The molecule has 0 aliphatic rings. The van der Waals surface area contributed by atoms with Crippen LogP contribution in [0.5, 0.6) is 0 Å². The van der Waals surface area contributed by atoms with Gasteiger partial charge in [-0.25, -0.2) is 9.97 Å². The summed E-state index contributed by atoms with van der Waals surface area (Å²) in [5, 5.41) is 3.28. The highest BCUT2D eigenvalue weighted by Gasteiger charge is 2.06. The SMILES string of the molecule is CSc1cccc(Nc2nc(C)nc(N)c2C)c1. The maximum Gasteiger partial charge on any atom is 0.139 e. The molecule has 94 valence electrons. The topological polar surface area (TPSA) is 63.8 Å². The number of aromatic nitrogens is 2. The molecule has 1 heterocycles. The summed E-state index contributed by atoms with van der Waals surface area (Å²) >= 11 is 1.71. The monoisotopic (exact) mass is 260 g/mol. The minimum absolute atomic E-state index is 0.519. The molecule has 2 rings (SSSR count). The van der Waals surface area contributed by atoms with E-state index >= 15 is 0 Å². The van der Waals surface area contributed by atoms with Crippen LogP contribution in [0.1, 0.15) is 11.4 Å². The first kappa shape index (κ1) is 12.7. The van der Waals surface area contributed by atoms with Gasteiger partial charge >= 0.3 is 0 Å². The van der Waals surface area contributed by atoms with Crippen molar-refractivity contribution in [1.82, 2.24) is 9.97 Å². The van der Waals surface area contributed by atoms with E-state index in [1.54, 1.807) is 11.8 Å². The number of nitrogens with one attached hydrogen (secondary N) is 1. The normalized spacial score (nSPS) is 10.4. The molecule has 2 aromatic rings. The molecule has 0 fully saturated rings. The Bertz CT molecular complexity index is 569. The third kappa shape index (κ3) is 2.73. The van der Waals surface area contributed by atoms with Crippen molar-refractivity contribution in [3.63, 3.8) is 0 Å². The zero-order valence-electron chi connectivity index (χ0n) is 10.7. The van der Waals surface area contributed by atoms with Crippen molar-refractivity contribution in [2.45, 2.75) is 18.7 Å². The number of anilines is 3. The maximum atomic E-state index is 5.84. The Hall–Kier alpha value is -1.75. The molecule has 0 saturated carbocycles. The first-order valence-electron chi connectivity index (χ1n) is 5.62. The average molecular weight is 260 g/mol. The lowest BCUT2D eigenvalue weighted by Gasteiger charge is -2.11. The predicted octanol–water partition coefficient (Wildman–Crippen LogP) is 3.14. The highest BCUT2D eigenvalue weighted by atomic mass is 32.2. The second-order valence-electron chi connectivity index (χ2n) is 3.99. The fraction of sp³-hybridized carbons (Fsp3) is 0.231. The Morgan fingerprint density at radius 2 is 2.00 bits per heavy atom. The fourth-order valence-electron chi connectivity index (χ4n) is 1.61. The van der Waals surface area contributed by atoms with E-state index in [1.807, 2.05) is 26.0 Å². The van der Waals surface area contributed by atoms with Gasteiger partial charge in [-0.2, -0.15) is 0 Å². The van der Waals surface area contributed by atoms with Crippen molar-refractivity contribution in [2.24, 2.45) is 0 Å². The molecule has 1 aromatic carbocycles. The molecular formula is C13H16N4S. The van der Waals surface area contributed by atoms with Crippen LogP contribution in [0.4, 0.5) is 17.3 Å². The van der Waals surface area contributed by atoms with E-state index in [1.165, 1.54) is 4.90 Å². The molecule has 1 aromatic heterocycles. The summed E-state index contributed by atoms with van der Waals surface area (Å²) in [6.07, 6.45) is 2.05. The lowest BCUT2D eigenvalue weighted by Crippen LogP contribution is -2.04. The number of thioether (sulfide) groups is 1. The van der Waals surface area contributed by atoms with Crippen molar-refractivity contribution >= 4 is 29.1 Å². The standard InChI is InChI=1S/C13H16N4S/c1-8-12(14)15-9(2)16-13(8)17-10-5-4-6-11(7-10)18-3/h4-7H,1-3H3,(H3,14,15,16,17). The summed E-state index contributed by atoms with van der Waals surface area (Å²) in [6.45, 7) is 3.74. The summed E-state index contributed by atoms with van der Waals surface area (Å²) in [7, 11) is 0. The van der Waals surface area contributed by atoms with E-state index in [4.69, 9.17) is 5.73 Å². The Morgan fingerprint density at radius 3 is 2.72 bits per heavy atom. The minimum Gasteiger partial charge on any atom is -0.383 e. The van der Waals surface area contributed by atoms with E-state index < -0.39 is 0 Å². The molecule has 0 unspecified atom stereocenters. The van der Waals surface area contributed by atoms with Crippen LogP contribution >= 0.6 is 11.8 Å². The first-order chi connectivity index (χ1) is 8.60. The summed E-state index contributed by atoms with van der Waals surface area (Å²) in [6, 6.07) is 8.17. The molecule has 0 atom stereocenters. The van der Waals surface area contributed by atoms with Gasteiger partial charge in [0.05, 0.1) is 0 Å². The fourth-order valence-corrected chi connectivity index (χ4v) is 2.07. The lowest BCUT2D eigenvalue weighted by atomic mass is 10.2. The molecule has 4 nitrogen and oxygen atoms in total. The third-order valence-electron chi connectivity index (χ3n) is 2.63. The number of nitrogen functional groups attached to an aromatic ring is 1. The molecule has 18 heavy (non-hydrogen) atoms. The Balaban J connectivity index is 2.33. The number of hydrogen-bond acceptors (Lipinski definition) is 5. The van der Waals surface area contributed by atoms with Gasteiger partial charge < -0.3 is 11.1 Å². The van der Waals surface area contributed by atoms with Crippen LogP contribution in [0.25, 0.3) is 0 Å². The number of nitrogens with two attached hydrogens (primary N) is 1. The van der Waals surface area contributed by atoms with Gasteiger partial charge in [0.25, 0.3) is 0 Å². The lowest BCUT2D eigenvalue weighted by molar-refractivity contribution is 1.04. The zero-order valence-corrected chi connectivity index (χ0v) is 11.5. The molecular weight excluding hydrogens is 244 g/mol. The Morgan fingerprint density at radius 1 is 1.22 bits per heavy atom. The van der Waals surface area contributed by atoms with Gasteiger partial charge in [0, 0.05) is 16.1 Å². The number of nitrogens with zero attached hydrogens (tertiary/aromatic N) is 2. The van der Waals surface area contributed by atoms with Crippen LogP contribution < -0.4 is 11.1 Å². The van der Waals surface area contributed by atoms with Gasteiger partial charge in [-0.15, -0.1) is 11.8 Å². The van der Waals surface area contributed by atoms with Crippen molar-refractivity contribution in [1.29, 1.82) is 0 Å². The van der Waals surface area contributed by atoms with E-state index in [9.17, 15) is 0 Å². The van der Waals surface area contributed by atoms with Crippen molar-refractivity contribution in [2.75, 3.05) is 17.3 Å². The second kappa shape index (κ2) is 5.27. The van der Waals surface area contributed by atoms with E-state index in [2.05, 4.69) is 33.7 Å². The quantitative estimate of drug-likeness (QED) is 0.830. The van der Waals surface area contributed by atoms with Crippen LogP contribution in [0.2, 0.25) is 0 Å². The Kier molecular flexibility index (Phi) is 3.72. The summed E-state index contributed by atoms with van der Waals surface area (Å²) < 4.78 is 0. The molecule has 0 aliphatic carbocycles. The van der Waals surface area contributed by atoms with Gasteiger partial charge in [0.15, 0.2) is 0 Å². The van der Waals surface area contributed by atoms with Gasteiger partial charge in [-0.3, -0.25) is 0 Å². The number of hydrogen-bond donors (Lipinski definition) is 2. The minimum atomic E-state index is 0.519.